The number of carbonyl (C=O) groups is 3. The number of benzene rings is 1. The average molecular weight is 563 g/mol. The van der Waals surface area contributed by atoms with Crippen LogP contribution in [0.1, 0.15) is 56.9 Å². The summed E-state index contributed by atoms with van der Waals surface area (Å²) < 4.78 is 6.53. The van der Waals surface area contributed by atoms with E-state index in [1.165, 1.54) is 6.42 Å². The Morgan fingerprint density at radius 2 is 1.86 bits per heavy atom. The molecule has 8 nitrogen and oxygen atoms in total. The first kappa shape index (κ1) is 25.7. The molecule has 3 aliphatic heterocycles. The van der Waals surface area contributed by atoms with Crippen molar-refractivity contribution in [3.05, 3.63) is 35.9 Å². The maximum atomic E-state index is 13.9. The number of rotatable bonds is 9. The van der Waals surface area contributed by atoms with Crippen molar-refractivity contribution in [1.82, 2.24) is 15.5 Å². The van der Waals surface area contributed by atoms with E-state index < -0.39 is 29.6 Å². The monoisotopic (exact) mass is 561 g/mol. The van der Waals surface area contributed by atoms with Crippen molar-refractivity contribution >= 4 is 33.7 Å². The van der Waals surface area contributed by atoms with E-state index in [1.54, 1.807) is 4.90 Å². The van der Waals surface area contributed by atoms with E-state index in [0.717, 1.165) is 31.2 Å². The molecule has 9 heteroatoms. The molecule has 1 aromatic rings. The third-order valence-corrected chi connectivity index (χ3v) is 9.25. The number of aliphatic hydroxyl groups is 1. The third kappa shape index (κ3) is 4.58. The Balaban J connectivity index is 1.40. The molecule has 1 aliphatic carbocycles. The molecule has 0 aromatic heterocycles. The zero-order valence-corrected chi connectivity index (χ0v) is 22.1. The van der Waals surface area contributed by atoms with Crippen LogP contribution < -0.4 is 10.6 Å². The summed E-state index contributed by atoms with van der Waals surface area (Å²) in [6, 6.07) is 9.00. The molecule has 1 aromatic carbocycles. The number of hydrogen-bond acceptors (Lipinski definition) is 5. The highest BCUT2D eigenvalue weighted by atomic mass is 79.9. The largest absolute Gasteiger partial charge is 0.396 e. The molecule has 4 fully saturated rings. The van der Waals surface area contributed by atoms with Crippen LogP contribution in [0.15, 0.2) is 30.3 Å². The van der Waals surface area contributed by atoms with Gasteiger partial charge in [0.2, 0.25) is 17.7 Å². The van der Waals surface area contributed by atoms with E-state index in [2.05, 4.69) is 26.6 Å². The number of carbonyl (C=O) groups excluding carboxylic acids is 3. The van der Waals surface area contributed by atoms with Crippen LogP contribution in [0.3, 0.4) is 0 Å². The molecule has 5 rings (SSSR count). The van der Waals surface area contributed by atoms with Crippen molar-refractivity contribution in [2.24, 2.45) is 11.8 Å². The maximum Gasteiger partial charge on any atom is 0.246 e. The molecular formula is C27H36BrN3O5. The van der Waals surface area contributed by atoms with Gasteiger partial charge in [0.05, 0.1) is 17.9 Å². The SMILES string of the molecule is O=C(NC1CCCCC1)C1N(CCCCO)C(=O)[C@@H]2[C@H](C(=O)NCc3ccccc3)[C@H]3OC12CC3Br. The number of amides is 3. The van der Waals surface area contributed by atoms with Crippen LogP contribution in [0.4, 0.5) is 0 Å². The van der Waals surface area contributed by atoms with Crippen LogP contribution in [-0.4, -0.2) is 69.5 Å². The second-order valence-corrected chi connectivity index (χ2v) is 11.8. The molecule has 3 N–H and O–H groups in total. The van der Waals surface area contributed by atoms with Gasteiger partial charge in [-0.1, -0.05) is 65.5 Å². The first-order valence-corrected chi connectivity index (χ1v) is 14.2. The molecule has 0 radical (unpaired) electrons. The molecule has 1 saturated carbocycles. The van der Waals surface area contributed by atoms with Crippen LogP contribution >= 0.6 is 15.9 Å². The summed E-state index contributed by atoms with van der Waals surface area (Å²) in [7, 11) is 0. The summed E-state index contributed by atoms with van der Waals surface area (Å²) in [5.74, 6) is -1.92. The molecule has 3 heterocycles. The number of nitrogens with one attached hydrogen (secondary N) is 2. The van der Waals surface area contributed by atoms with E-state index in [1.807, 2.05) is 30.3 Å². The lowest BCUT2D eigenvalue weighted by Crippen LogP contribution is -2.57. The lowest BCUT2D eigenvalue weighted by atomic mass is 9.70. The Morgan fingerprint density at radius 1 is 1.11 bits per heavy atom. The lowest BCUT2D eigenvalue weighted by molar-refractivity contribution is -0.142. The summed E-state index contributed by atoms with van der Waals surface area (Å²) in [4.78, 5) is 42.7. The molecule has 2 bridgehead atoms. The summed E-state index contributed by atoms with van der Waals surface area (Å²) in [5, 5.41) is 15.5. The van der Waals surface area contributed by atoms with Gasteiger partial charge in [0.1, 0.15) is 11.6 Å². The van der Waals surface area contributed by atoms with Crippen LogP contribution in [0.25, 0.3) is 0 Å². The lowest BCUT2D eigenvalue weighted by Gasteiger charge is -2.35. The van der Waals surface area contributed by atoms with Crippen LogP contribution in [-0.2, 0) is 25.7 Å². The number of unbranched alkanes of at least 4 members (excludes halogenated alkanes) is 1. The summed E-state index contributed by atoms with van der Waals surface area (Å²) in [6.45, 7) is 0.761. The van der Waals surface area contributed by atoms with E-state index in [-0.39, 0.29) is 35.2 Å². The van der Waals surface area contributed by atoms with Crippen molar-refractivity contribution in [1.29, 1.82) is 0 Å². The van der Waals surface area contributed by atoms with Crippen molar-refractivity contribution in [3.63, 3.8) is 0 Å². The number of alkyl halides is 1. The van der Waals surface area contributed by atoms with E-state index >= 15 is 0 Å². The van der Waals surface area contributed by atoms with Gasteiger partial charge in [-0.3, -0.25) is 14.4 Å². The molecule has 196 valence electrons. The number of hydrogen-bond donors (Lipinski definition) is 3. The first-order valence-electron chi connectivity index (χ1n) is 13.3. The highest BCUT2D eigenvalue weighted by molar-refractivity contribution is 9.09. The molecule has 6 atom stereocenters. The fourth-order valence-corrected chi connectivity index (χ4v) is 7.74. The molecule has 3 unspecified atom stereocenters. The minimum atomic E-state index is -1.03. The van der Waals surface area contributed by atoms with Crippen molar-refractivity contribution in [2.75, 3.05) is 13.2 Å². The van der Waals surface area contributed by atoms with Gasteiger partial charge in [0.25, 0.3) is 0 Å². The standard InChI is InChI=1S/C27H36BrN3O5/c28-19-15-27-21(20(22(19)36-27)24(33)29-16-17-9-3-1-4-10-17)26(35)31(13-7-8-14-32)23(27)25(34)30-18-11-5-2-6-12-18/h1,3-4,9-10,18-23,32H,2,5-8,11-16H2,(H,29,33)(H,30,34)/t19?,20-,21-,22-,23?,27?/m0/s1. The Hall–Kier alpha value is -1.97. The highest BCUT2D eigenvalue weighted by Crippen LogP contribution is 2.60. The second kappa shape index (κ2) is 10.8. The van der Waals surface area contributed by atoms with Crippen molar-refractivity contribution in [2.45, 2.75) is 86.5 Å². The van der Waals surface area contributed by atoms with Gasteiger partial charge in [-0.25, -0.2) is 0 Å². The molecule has 1 spiro atoms. The summed E-state index contributed by atoms with van der Waals surface area (Å²) in [6.07, 6.45) is 6.44. The van der Waals surface area contributed by atoms with Gasteiger partial charge in [0, 0.05) is 30.6 Å². The molecule has 3 amide bonds. The molecule has 36 heavy (non-hydrogen) atoms. The van der Waals surface area contributed by atoms with E-state index in [4.69, 9.17) is 4.74 Å². The van der Waals surface area contributed by atoms with Crippen molar-refractivity contribution in [3.8, 4) is 0 Å². The Morgan fingerprint density at radius 3 is 2.58 bits per heavy atom. The van der Waals surface area contributed by atoms with Gasteiger partial charge in [-0.05, 0) is 37.7 Å². The molecular weight excluding hydrogens is 526 g/mol. The predicted octanol–water partition coefficient (Wildman–Crippen LogP) is 2.27. The number of aliphatic hydroxyl groups excluding tert-OH is 1. The Kier molecular flexibility index (Phi) is 7.70. The van der Waals surface area contributed by atoms with Gasteiger partial charge in [0.15, 0.2) is 0 Å². The number of fused-ring (bicyclic) bond motifs is 1. The second-order valence-electron chi connectivity index (χ2n) is 10.7. The number of halogens is 1. The minimum absolute atomic E-state index is 0.0299. The predicted molar refractivity (Wildman–Crippen MR) is 137 cm³/mol. The van der Waals surface area contributed by atoms with Gasteiger partial charge in [-0.2, -0.15) is 0 Å². The van der Waals surface area contributed by atoms with Gasteiger partial charge >= 0.3 is 0 Å². The average Bonchev–Trinajstić information content (AvgIpc) is 3.47. The van der Waals surface area contributed by atoms with E-state index in [9.17, 15) is 19.5 Å². The van der Waals surface area contributed by atoms with Crippen LogP contribution in [0, 0.1) is 11.8 Å². The summed E-state index contributed by atoms with van der Waals surface area (Å²) in [5.41, 5.74) is -0.0454. The quantitative estimate of drug-likeness (QED) is 0.316. The first-order chi connectivity index (χ1) is 17.5. The van der Waals surface area contributed by atoms with Gasteiger partial charge < -0.3 is 25.4 Å². The third-order valence-electron chi connectivity index (χ3n) is 8.41. The minimum Gasteiger partial charge on any atom is -0.396 e. The Labute approximate surface area is 220 Å². The Bertz CT molecular complexity index is 971. The molecule has 4 aliphatic rings. The smallest absolute Gasteiger partial charge is 0.246 e. The zero-order valence-electron chi connectivity index (χ0n) is 20.5. The summed E-state index contributed by atoms with van der Waals surface area (Å²) >= 11 is 3.71. The molecule has 3 saturated heterocycles. The van der Waals surface area contributed by atoms with Gasteiger partial charge in [-0.15, -0.1) is 0 Å². The van der Waals surface area contributed by atoms with Crippen molar-refractivity contribution < 1.29 is 24.2 Å². The highest BCUT2D eigenvalue weighted by Gasteiger charge is 2.76. The van der Waals surface area contributed by atoms with Crippen LogP contribution in [0.5, 0.6) is 0 Å². The fraction of sp³-hybridized carbons (Fsp3) is 0.667. The number of likely N-dealkylation sites (tertiary alicyclic amines) is 1. The topological polar surface area (TPSA) is 108 Å². The van der Waals surface area contributed by atoms with E-state index in [0.29, 0.717) is 32.4 Å². The van der Waals surface area contributed by atoms with Crippen LogP contribution in [0.2, 0.25) is 0 Å². The zero-order chi connectivity index (χ0) is 25.3. The maximum absolute atomic E-state index is 13.9. The normalized spacial score (nSPS) is 33.6. The number of nitrogens with zero attached hydrogens (tertiary/aromatic N) is 1. The number of ether oxygens (including phenoxy) is 1. The fourth-order valence-electron chi connectivity index (χ4n) is 6.79.